The topological polar surface area (TPSA) is 69.0 Å². The maximum atomic E-state index is 12.5. The number of carbonyl (C=O) groups excluding carboxylic acids is 1. The highest BCUT2D eigenvalue weighted by Crippen LogP contribution is 2.23. The van der Waals surface area contributed by atoms with Crippen molar-refractivity contribution in [3.05, 3.63) is 77.4 Å². The van der Waals surface area contributed by atoms with Crippen LogP contribution in [0.15, 0.2) is 60.7 Å². The number of aryl methyl sites for hydroxylation is 2. The predicted molar refractivity (Wildman–Crippen MR) is 132 cm³/mol. The summed E-state index contributed by atoms with van der Waals surface area (Å²) in [6, 6.07) is 19.9. The minimum absolute atomic E-state index is 0.0589. The van der Waals surface area contributed by atoms with Crippen LogP contribution in [0.4, 0.5) is 5.69 Å². The molecule has 0 fully saturated rings. The Labute approximate surface area is 194 Å². The Morgan fingerprint density at radius 2 is 1.67 bits per heavy atom. The third kappa shape index (κ3) is 5.22. The molecule has 0 saturated heterocycles. The average molecular weight is 443 g/mol. The van der Waals surface area contributed by atoms with Crippen LogP contribution < -0.4 is 10.1 Å². The molecule has 4 aromatic rings. The fourth-order valence-electron chi connectivity index (χ4n) is 3.65. The van der Waals surface area contributed by atoms with Crippen LogP contribution in [0.25, 0.3) is 16.7 Å². The number of nitrogens with one attached hydrogen (secondary N) is 1. The smallest absolute Gasteiger partial charge is 0.262 e. The summed E-state index contributed by atoms with van der Waals surface area (Å²) < 4.78 is 5.67. The summed E-state index contributed by atoms with van der Waals surface area (Å²) >= 11 is 0. The van der Waals surface area contributed by atoms with Crippen molar-refractivity contribution in [1.82, 2.24) is 15.0 Å². The molecule has 1 aromatic heterocycles. The van der Waals surface area contributed by atoms with Gasteiger partial charge in [0.25, 0.3) is 5.91 Å². The molecule has 1 unspecified atom stereocenters. The van der Waals surface area contributed by atoms with Crippen LogP contribution in [-0.2, 0) is 11.2 Å². The van der Waals surface area contributed by atoms with E-state index in [2.05, 4.69) is 60.6 Å². The molecule has 1 amide bonds. The molecule has 0 aliphatic rings. The molecule has 1 atom stereocenters. The number of anilines is 1. The second-order valence-electron chi connectivity index (χ2n) is 8.38. The number of hydrogen-bond donors (Lipinski definition) is 1. The first-order chi connectivity index (χ1) is 16.0. The van der Waals surface area contributed by atoms with E-state index in [-0.39, 0.29) is 12.5 Å². The molecule has 1 N–H and O–H groups in total. The highest BCUT2D eigenvalue weighted by molar-refractivity contribution is 5.95. The Kier molecular flexibility index (Phi) is 6.73. The molecule has 0 radical (unpaired) electrons. The quantitative estimate of drug-likeness (QED) is 0.373. The average Bonchev–Trinajstić information content (AvgIpc) is 3.25. The summed E-state index contributed by atoms with van der Waals surface area (Å²) in [5.74, 6) is 0.973. The molecule has 6 heteroatoms. The van der Waals surface area contributed by atoms with Crippen molar-refractivity contribution < 1.29 is 9.53 Å². The molecule has 1 heterocycles. The van der Waals surface area contributed by atoms with E-state index in [0.29, 0.717) is 17.4 Å². The Hall–Kier alpha value is -3.67. The largest absolute Gasteiger partial charge is 0.484 e. The third-order valence-corrected chi connectivity index (χ3v) is 6.01. The minimum Gasteiger partial charge on any atom is -0.484 e. The molecule has 0 aliphatic heterocycles. The summed E-state index contributed by atoms with van der Waals surface area (Å²) in [6.45, 7) is 8.38. The van der Waals surface area contributed by atoms with Gasteiger partial charge in [-0.3, -0.25) is 4.79 Å². The summed E-state index contributed by atoms with van der Waals surface area (Å²) in [5.41, 5.74) is 6.57. The first kappa shape index (κ1) is 22.5. The zero-order valence-electron chi connectivity index (χ0n) is 19.6. The molecule has 6 nitrogen and oxygen atoms in total. The van der Waals surface area contributed by atoms with Gasteiger partial charge in [-0.1, -0.05) is 45.0 Å². The highest BCUT2D eigenvalue weighted by atomic mass is 16.5. The van der Waals surface area contributed by atoms with Crippen LogP contribution in [0.5, 0.6) is 5.75 Å². The lowest BCUT2D eigenvalue weighted by Gasteiger charge is -2.11. The highest BCUT2D eigenvalue weighted by Gasteiger charge is 2.12. The second kappa shape index (κ2) is 9.86. The van der Waals surface area contributed by atoms with Crippen molar-refractivity contribution in [2.24, 2.45) is 0 Å². The van der Waals surface area contributed by atoms with E-state index >= 15 is 0 Å². The molecule has 0 aliphatic carbocycles. The number of nitrogens with zero attached hydrogens (tertiary/aromatic N) is 3. The SMILES string of the molecule is CCc1ccc(-n2nc3cc(C)c(NC(=O)COc4ccc(C(C)CC)cc4)cc3n2)cc1. The third-order valence-electron chi connectivity index (χ3n) is 6.01. The van der Waals surface area contributed by atoms with E-state index in [1.54, 1.807) is 4.80 Å². The second-order valence-corrected chi connectivity index (χ2v) is 8.38. The van der Waals surface area contributed by atoms with Crippen molar-refractivity contribution in [3.63, 3.8) is 0 Å². The summed E-state index contributed by atoms with van der Waals surface area (Å²) in [6.07, 6.45) is 2.08. The number of rotatable bonds is 8. The lowest BCUT2D eigenvalue weighted by Crippen LogP contribution is -2.20. The van der Waals surface area contributed by atoms with Crippen molar-refractivity contribution in [2.45, 2.75) is 46.5 Å². The van der Waals surface area contributed by atoms with Gasteiger partial charge < -0.3 is 10.1 Å². The molecule has 4 rings (SSSR count). The van der Waals surface area contributed by atoms with E-state index in [4.69, 9.17) is 4.74 Å². The molecule has 170 valence electrons. The van der Waals surface area contributed by atoms with Gasteiger partial charge in [0.05, 0.1) is 5.69 Å². The van der Waals surface area contributed by atoms with Gasteiger partial charge in [-0.15, -0.1) is 10.2 Å². The van der Waals surface area contributed by atoms with Crippen molar-refractivity contribution in [2.75, 3.05) is 11.9 Å². The number of fused-ring (bicyclic) bond motifs is 1. The Balaban J connectivity index is 1.43. The van der Waals surface area contributed by atoms with Gasteiger partial charge in [-0.05, 0) is 78.8 Å². The molecule has 0 bridgehead atoms. The summed E-state index contributed by atoms with van der Waals surface area (Å²) in [7, 11) is 0. The fourth-order valence-corrected chi connectivity index (χ4v) is 3.65. The molecule has 3 aromatic carbocycles. The monoisotopic (exact) mass is 442 g/mol. The van der Waals surface area contributed by atoms with E-state index in [0.717, 1.165) is 35.1 Å². The van der Waals surface area contributed by atoms with Crippen LogP contribution in [0.1, 0.15) is 49.8 Å². The van der Waals surface area contributed by atoms with E-state index in [9.17, 15) is 4.79 Å². The maximum Gasteiger partial charge on any atom is 0.262 e. The number of carbonyl (C=O) groups is 1. The molecular formula is C27H30N4O2. The van der Waals surface area contributed by atoms with Gasteiger partial charge in [0.1, 0.15) is 16.8 Å². The van der Waals surface area contributed by atoms with Crippen LogP contribution in [0.3, 0.4) is 0 Å². The van der Waals surface area contributed by atoms with E-state index in [1.807, 2.05) is 43.3 Å². The number of benzene rings is 3. The number of hydrogen-bond acceptors (Lipinski definition) is 4. The zero-order chi connectivity index (χ0) is 23.4. The maximum absolute atomic E-state index is 12.5. The Morgan fingerprint density at radius 1 is 1.00 bits per heavy atom. The Morgan fingerprint density at radius 3 is 2.30 bits per heavy atom. The van der Waals surface area contributed by atoms with Gasteiger partial charge in [0.2, 0.25) is 0 Å². The summed E-state index contributed by atoms with van der Waals surface area (Å²) in [4.78, 5) is 14.1. The van der Waals surface area contributed by atoms with E-state index < -0.39 is 0 Å². The standard InChI is InChI=1S/C27H30N4O2/c1-5-18(3)21-9-13-23(14-10-21)33-17-27(32)28-24-16-26-25(15-19(24)4)29-31(30-26)22-11-7-20(6-2)8-12-22/h7-16,18H,5-6,17H2,1-4H3,(H,28,32). The van der Waals surface area contributed by atoms with Crippen LogP contribution in [0.2, 0.25) is 0 Å². The van der Waals surface area contributed by atoms with Gasteiger partial charge in [0, 0.05) is 5.69 Å². The number of aromatic nitrogens is 3. The fraction of sp³-hybridized carbons (Fsp3) is 0.296. The van der Waals surface area contributed by atoms with Gasteiger partial charge in [-0.25, -0.2) is 0 Å². The van der Waals surface area contributed by atoms with Crippen molar-refractivity contribution in [1.29, 1.82) is 0 Å². The first-order valence-electron chi connectivity index (χ1n) is 11.5. The number of ether oxygens (including phenoxy) is 1. The molecular weight excluding hydrogens is 412 g/mol. The van der Waals surface area contributed by atoms with Gasteiger partial charge in [0.15, 0.2) is 6.61 Å². The van der Waals surface area contributed by atoms with Crippen molar-refractivity contribution >= 4 is 22.6 Å². The minimum atomic E-state index is -0.217. The van der Waals surface area contributed by atoms with Crippen LogP contribution in [0, 0.1) is 6.92 Å². The molecule has 33 heavy (non-hydrogen) atoms. The number of amides is 1. The normalized spacial score (nSPS) is 12.0. The van der Waals surface area contributed by atoms with Crippen LogP contribution in [-0.4, -0.2) is 27.5 Å². The molecule has 0 spiro atoms. The zero-order valence-corrected chi connectivity index (χ0v) is 19.6. The molecule has 0 saturated carbocycles. The van der Waals surface area contributed by atoms with E-state index in [1.165, 1.54) is 11.1 Å². The Bertz CT molecular complexity index is 1240. The lowest BCUT2D eigenvalue weighted by atomic mass is 9.99. The van der Waals surface area contributed by atoms with Gasteiger partial charge >= 0.3 is 0 Å². The van der Waals surface area contributed by atoms with Crippen molar-refractivity contribution in [3.8, 4) is 11.4 Å². The summed E-state index contributed by atoms with van der Waals surface area (Å²) in [5, 5.41) is 12.1. The predicted octanol–water partition coefficient (Wildman–Crippen LogP) is 5.82. The van der Waals surface area contributed by atoms with Gasteiger partial charge in [-0.2, -0.15) is 4.80 Å². The first-order valence-corrected chi connectivity index (χ1v) is 11.5. The lowest BCUT2D eigenvalue weighted by molar-refractivity contribution is -0.118. The van der Waals surface area contributed by atoms with Crippen LogP contribution >= 0.6 is 0 Å².